The van der Waals surface area contributed by atoms with Gasteiger partial charge in [0.05, 0.1) is 22.4 Å². The number of hydrogen-bond donors (Lipinski definition) is 0. The van der Waals surface area contributed by atoms with Crippen molar-refractivity contribution in [2.24, 2.45) is 0 Å². The van der Waals surface area contributed by atoms with Crippen LogP contribution in [0, 0.1) is 0 Å². The lowest BCUT2D eigenvalue weighted by atomic mass is 9.94. The normalized spacial score (nSPS) is 11.9. The first-order chi connectivity index (χ1) is 17.0. The Labute approximate surface area is 205 Å². The van der Waals surface area contributed by atoms with Crippen molar-refractivity contribution in [3.05, 3.63) is 115 Å². The molecule has 2 heterocycles. The van der Waals surface area contributed by atoms with Gasteiger partial charge in [0.1, 0.15) is 5.82 Å². The van der Waals surface area contributed by atoms with Crippen molar-refractivity contribution < 1.29 is 0 Å². The molecule has 0 saturated heterocycles. The third-order valence-electron chi connectivity index (χ3n) is 6.45. The molecule has 0 aliphatic carbocycles. The Hall–Kier alpha value is -4.24. The first kappa shape index (κ1) is 21.3. The Morgan fingerprint density at radius 1 is 0.543 bits per heavy atom. The van der Waals surface area contributed by atoms with Crippen LogP contribution in [0.25, 0.3) is 50.0 Å². The van der Waals surface area contributed by atoms with Gasteiger partial charge in [-0.3, -0.25) is 0 Å². The average Bonchev–Trinajstić information content (AvgIpc) is 3.23. The maximum atomic E-state index is 5.03. The standard InChI is InChI=1S/C32H27N3/c1-32(2,3)31-33-27(22-12-5-4-6-13-22)21-28(34-31)23-14-11-15-24(20-23)35-29-18-9-7-16-25(29)26-17-8-10-19-30(26)35/h4-21H,1-3H3. The molecule has 0 spiro atoms. The summed E-state index contributed by atoms with van der Waals surface area (Å²) >= 11 is 0. The lowest BCUT2D eigenvalue weighted by Crippen LogP contribution is -2.17. The minimum absolute atomic E-state index is 0.163. The molecule has 4 aromatic carbocycles. The van der Waals surface area contributed by atoms with E-state index in [2.05, 4.69) is 128 Å². The summed E-state index contributed by atoms with van der Waals surface area (Å²) in [4.78, 5) is 9.97. The van der Waals surface area contributed by atoms with Crippen molar-refractivity contribution in [2.45, 2.75) is 26.2 Å². The summed E-state index contributed by atoms with van der Waals surface area (Å²) in [6, 6.07) is 38.3. The second kappa shape index (κ2) is 8.21. The lowest BCUT2D eigenvalue weighted by molar-refractivity contribution is 0.547. The third-order valence-corrected chi connectivity index (χ3v) is 6.45. The highest BCUT2D eigenvalue weighted by Crippen LogP contribution is 2.34. The quantitative estimate of drug-likeness (QED) is 0.270. The first-order valence-electron chi connectivity index (χ1n) is 12.0. The Balaban J connectivity index is 1.56. The third kappa shape index (κ3) is 3.79. The SMILES string of the molecule is CC(C)(C)c1nc(-c2ccccc2)cc(-c2cccc(-n3c4ccccc4c4ccccc43)c2)n1. The Morgan fingerprint density at radius 2 is 1.09 bits per heavy atom. The van der Waals surface area contributed by atoms with Gasteiger partial charge in [0.2, 0.25) is 0 Å². The lowest BCUT2D eigenvalue weighted by Gasteiger charge is -2.19. The molecule has 0 unspecified atom stereocenters. The van der Waals surface area contributed by atoms with Crippen LogP contribution in [0.15, 0.2) is 109 Å². The molecule has 6 aromatic rings. The fraction of sp³-hybridized carbons (Fsp3) is 0.125. The van der Waals surface area contributed by atoms with Crippen LogP contribution < -0.4 is 0 Å². The molecule has 0 radical (unpaired) electrons. The van der Waals surface area contributed by atoms with Gasteiger partial charge in [0, 0.05) is 33.0 Å². The van der Waals surface area contributed by atoms with Crippen molar-refractivity contribution in [1.82, 2.24) is 14.5 Å². The van der Waals surface area contributed by atoms with Gasteiger partial charge in [0.25, 0.3) is 0 Å². The first-order valence-corrected chi connectivity index (χ1v) is 12.0. The summed E-state index contributed by atoms with van der Waals surface area (Å²) in [5, 5.41) is 2.52. The number of rotatable bonds is 3. The highest BCUT2D eigenvalue weighted by atomic mass is 15.0. The van der Waals surface area contributed by atoms with E-state index in [-0.39, 0.29) is 5.41 Å². The molecule has 0 N–H and O–H groups in total. The number of hydrogen-bond acceptors (Lipinski definition) is 2. The van der Waals surface area contributed by atoms with E-state index in [4.69, 9.17) is 9.97 Å². The molecule has 0 fully saturated rings. The fourth-order valence-electron chi connectivity index (χ4n) is 4.69. The van der Waals surface area contributed by atoms with Crippen LogP contribution in [0.4, 0.5) is 0 Å². The zero-order valence-electron chi connectivity index (χ0n) is 20.2. The van der Waals surface area contributed by atoms with Crippen LogP contribution in [0.3, 0.4) is 0 Å². The second-order valence-electron chi connectivity index (χ2n) is 10.00. The molecule has 0 atom stereocenters. The summed E-state index contributed by atoms with van der Waals surface area (Å²) < 4.78 is 2.35. The van der Waals surface area contributed by atoms with E-state index < -0.39 is 0 Å². The van der Waals surface area contributed by atoms with Gasteiger partial charge in [0.15, 0.2) is 0 Å². The zero-order chi connectivity index (χ0) is 24.0. The summed E-state index contributed by atoms with van der Waals surface area (Å²) in [5.74, 6) is 0.844. The van der Waals surface area contributed by atoms with Crippen LogP contribution in [-0.2, 0) is 5.41 Å². The van der Waals surface area contributed by atoms with Gasteiger partial charge in [-0.2, -0.15) is 0 Å². The molecule has 35 heavy (non-hydrogen) atoms. The highest BCUT2D eigenvalue weighted by Gasteiger charge is 2.20. The van der Waals surface area contributed by atoms with E-state index in [1.165, 1.54) is 21.8 Å². The van der Waals surface area contributed by atoms with E-state index in [0.717, 1.165) is 34.0 Å². The fourth-order valence-corrected chi connectivity index (χ4v) is 4.69. The molecule has 0 amide bonds. The van der Waals surface area contributed by atoms with E-state index in [0.29, 0.717) is 0 Å². The van der Waals surface area contributed by atoms with Crippen LogP contribution in [-0.4, -0.2) is 14.5 Å². The molecular formula is C32H27N3. The predicted octanol–water partition coefficient (Wildman–Crippen LogP) is 8.21. The van der Waals surface area contributed by atoms with Gasteiger partial charge in [-0.25, -0.2) is 9.97 Å². The van der Waals surface area contributed by atoms with Gasteiger partial charge in [-0.1, -0.05) is 99.6 Å². The predicted molar refractivity (Wildman–Crippen MR) is 146 cm³/mol. The van der Waals surface area contributed by atoms with E-state index in [9.17, 15) is 0 Å². The smallest absolute Gasteiger partial charge is 0.135 e. The summed E-state index contributed by atoms with van der Waals surface area (Å²) in [6.45, 7) is 6.49. The van der Waals surface area contributed by atoms with Gasteiger partial charge < -0.3 is 4.57 Å². The number of nitrogens with zero attached hydrogens (tertiary/aromatic N) is 3. The average molecular weight is 454 g/mol. The maximum absolute atomic E-state index is 5.03. The number of fused-ring (bicyclic) bond motifs is 3. The Bertz CT molecular complexity index is 1620. The topological polar surface area (TPSA) is 30.7 Å². The van der Waals surface area contributed by atoms with Crippen molar-refractivity contribution in [1.29, 1.82) is 0 Å². The number of aromatic nitrogens is 3. The molecule has 0 bridgehead atoms. The summed E-state index contributed by atoms with van der Waals surface area (Å²) in [5.41, 5.74) is 7.42. The largest absolute Gasteiger partial charge is 0.309 e. The molecule has 2 aromatic heterocycles. The van der Waals surface area contributed by atoms with Crippen molar-refractivity contribution in [3.63, 3.8) is 0 Å². The monoisotopic (exact) mass is 453 g/mol. The van der Waals surface area contributed by atoms with Gasteiger partial charge in [-0.15, -0.1) is 0 Å². The molecule has 0 aliphatic heterocycles. The molecule has 0 aliphatic rings. The Morgan fingerprint density at radius 3 is 1.71 bits per heavy atom. The molecule has 0 saturated carbocycles. The van der Waals surface area contributed by atoms with Crippen molar-refractivity contribution >= 4 is 21.8 Å². The number of para-hydroxylation sites is 2. The molecule has 3 nitrogen and oxygen atoms in total. The minimum Gasteiger partial charge on any atom is -0.309 e. The Kier molecular flexibility index (Phi) is 5.00. The summed E-state index contributed by atoms with van der Waals surface area (Å²) in [6.07, 6.45) is 0. The molecule has 170 valence electrons. The van der Waals surface area contributed by atoms with Crippen LogP contribution in [0.5, 0.6) is 0 Å². The van der Waals surface area contributed by atoms with E-state index in [1.807, 2.05) is 6.07 Å². The molecule has 3 heteroatoms. The van der Waals surface area contributed by atoms with Crippen LogP contribution in [0.2, 0.25) is 0 Å². The van der Waals surface area contributed by atoms with Crippen molar-refractivity contribution in [3.8, 4) is 28.2 Å². The van der Waals surface area contributed by atoms with Crippen LogP contribution >= 0.6 is 0 Å². The second-order valence-corrected chi connectivity index (χ2v) is 10.00. The van der Waals surface area contributed by atoms with Gasteiger partial charge in [-0.05, 0) is 30.3 Å². The maximum Gasteiger partial charge on any atom is 0.135 e. The molecule has 6 rings (SSSR count). The van der Waals surface area contributed by atoms with E-state index >= 15 is 0 Å². The van der Waals surface area contributed by atoms with Crippen molar-refractivity contribution in [2.75, 3.05) is 0 Å². The van der Waals surface area contributed by atoms with Crippen LogP contribution in [0.1, 0.15) is 26.6 Å². The number of benzene rings is 4. The summed E-state index contributed by atoms with van der Waals surface area (Å²) in [7, 11) is 0. The van der Waals surface area contributed by atoms with Gasteiger partial charge >= 0.3 is 0 Å². The zero-order valence-corrected chi connectivity index (χ0v) is 20.2. The molecular weight excluding hydrogens is 426 g/mol. The van der Waals surface area contributed by atoms with E-state index in [1.54, 1.807) is 0 Å². The highest BCUT2D eigenvalue weighted by molar-refractivity contribution is 6.09. The minimum atomic E-state index is -0.163.